The number of thioether (sulfide) groups is 1. The standard InChI is InChI=1S/C20H20N4O2S4/c1-27-15-4-3-5-16-18(15)22-20(28-16)24-10-8-23(9-11-24)19-21-14-7-6-13(30(2,25)26)12-17(14)29-19/h3-7,12H,8-11H2,1-2H3. The van der Waals surface area contributed by atoms with Crippen molar-refractivity contribution < 1.29 is 8.42 Å². The van der Waals surface area contributed by atoms with E-state index in [2.05, 4.69) is 34.3 Å². The molecule has 0 atom stereocenters. The summed E-state index contributed by atoms with van der Waals surface area (Å²) in [7, 11) is -3.21. The summed E-state index contributed by atoms with van der Waals surface area (Å²) in [6, 6.07) is 11.5. The molecule has 1 aliphatic heterocycles. The Morgan fingerprint density at radius 2 is 1.60 bits per heavy atom. The third-order valence-electron chi connectivity index (χ3n) is 5.19. The molecule has 0 unspecified atom stereocenters. The van der Waals surface area contributed by atoms with Gasteiger partial charge in [0.1, 0.15) is 0 Å². The minimum Gasteiger partial charge on any atom is -0.345 e. The zero-order chi connectivity index (χ0) is 20.9. The fourth-order valence-corrected chi connectivity index (χ4v) is 7.01. The number of thiazole rings is 2. The van der Waals surface area contributed by atoms with Crippen molar-refractivity contribution in [2.75, 3.05) is 48.5 Å². The molecule has 156 valence electrons. The van der Waals surface area contributed by atoms with Crippen LogP contribution < -0.4 is 9.80 Å². The fraction of sp³-hybridized carbons (Fsp3) is 0.300. The number of aromatic nitrogens is 2. The summed E-state index contributed by atoms with van der Waals surface area (Å²) in [5.41, 5.74) is 1.95. The maximum Gasteiger partial charge on any atom is 0.186 e. The Morgan fingerprint density at radius 1 is 0.933 bits per heavy atom. The molecule has 0 saturated carbocycles. The third-order valence-corrected chi connectivity index (χ3v) is 9.23. The van der Waals surface area contributed by atoms with Gasteiger partial charge in [0, 0.05) is 37.3 Å². The number of anilines is 2. The van der Waals surface area contributed by atoms with Gasteiger partial charge in [-0.1, -0.05) is 28.7 Å². The van der Waals surface area contributed by atoms with Crippen LogP contribution >= 0.6 is 34.4 Å². The van der Waals surface area contributed by atoms with Gasteiger partial charge in [-0.05, 0) is 36.6 Å². The number of piperazine rings is 1. The van der Waals surface area contributed by atoms with Crippen LogP contribution in [-0.4, -0.2) is 57.1 Å². The summed E-state index contributed by atoms with van der Waals surface area (Å²) in [5, 5.41) is 2.03. The monoisotopic (exact) mass is 476 g/mol. The van der Waals surface area contributed by atoms with Gasteiger partial charge < -0.3 is 9.80 Å². The minimum atomic E-state index is -3.21. The number of fused-ring (bicyclic) bond motifs is 2. The Kier molecular flexibility index (Phi) is 5.12. The van der Waals surface area contributed by atoms with Crippen molar-refractivity contribution in [2.24, 2.45) is 0 Å². The van der Waals surface area contributed by atoms with Crippen molar-refractivity contribution in [3.05, 3.63) is 36.4 Å². The average molecular weight is 477 g/mol. The van der Waals surface area contributed by atoms with Crippen molar-refractivity contribution in [2.45, 2.75) is 9.79 Å². The zero-order valence-electron chi connectivity index (χ0n) is 16.5. The number of hydrogen-bond donors (Lipinski definition) is 0. The first-order valence-corrected chi connectivity index (χ1v) is 14.2. The Morgan fingerprint density at radius 3 is 2.27 bits per heavy atom. The molecule has 1 saturated heterocycles. The van der Waals surface area contributed by atoms with Crippen molar-refractivity contribution in [1.29, 1.82) is 0 Å². The minimum absolute atomic E-state index is 0.343. The first-order valence-electron chi connectivity index (χ1n) is 9.46. The number of hydrogen-bond acceptors (Lipinski definition) is 9. The SMILES string of the molecule is CSc1cccc2sc(N3CCN(c4nc5ccc(S(C)(=O)=O)cc5s4)CC3)nc12. The second-order valence-corrected chi connectivity index (χ2v) is 12.1. The van der Waals surface area contributed by atoms with Crippen LogP contribution in [0.2, 0.25) is 0 Å². The average Bonchev–Trinajstić information content (AvgIpc) is 3.36. The number of rotatable bonds is 4. The van der Waals surface area contributed by atoms with Crippen LogP contribution in [0.4, 0.5) is 10.3 Å². The van der Waals surface area contributed by atoms with Crippen LogP contribution in [-0.2, 0) is 9.84 Å². The van der Waals surface area contributed by atoms with Crippen LogP contribution in [0, 0.1) is 0 Å². The quantitative estimate of drug-likeness (QED) is 0.406. The summed E-state index contributed by atoms with van der Waals surface area (Å²) >= 11 is 5.04. The largest absolute Gasteiger partial charge is 0.345 e. The Balaban J connectivity index is 1.34. The Bertz CT molecular complexity index is 1340. The first-order chi connectivity index (χ1) is 14.4. The molecule has 6 nitrogen and oxygen atoms in total. The molecule has 3 heterocycles. The van der Waals surface area contributed by atoms with E-state index in [1.165, 1.54) is 15.9 Å². The van der Waals surface area contributed by atoms with Gasteiger partial charge in [0.25, 0.3) is 0 Å². The molecule has 0 radical (unpaired) electrons. The topological polar surface area (TPSA) is 66.4 Å². The van der Waals surface area contributed by atoms with E-state index in [1.54, 1.807) is 52.6 Å². The van der Waals surface area contributed by atoms with Crippen molar-refractivity contribution in [3.63, 3.8) is 0 Å². The van der Waals surface area contributed by atoms with E-state index in [4.69, 9.17) is 9.97 Å². The highest BCUT2D eigenvalue weighted by Gasteiger charge is 2.23. The van der Waals surface area contributed by atoms with E-state index < -0.39 is 9.84 Å². The van der Waals surface area contributed by atoms with Crippen LogP contribution in [0.25, 0.3) is 20.4 Å². The second kappa shape index (κ2) is 7.67. The summed E-state index contributed by atoms with van der Waals surface area (Å²) in [6.07, 6.45) is 3.32. The molecule has 0 amide bonds. The highest BCUT2D eigenvalue weighted by Crippen LogP contribution is 2.35. The molecule has 1 fully saturated rings. The molecule has 2 aromatic heterocycles. The Hall–Kier alpha value is -1.88. The second-order valence-electron chi connectivity index (χ2n) is 7.18. The summed E-state index contributed by atoms with van der Waals surface area (Å²) in [6.45, 7) is 3.51. The van der Waals surface area contributed by atoms with Crippen molar-refractivity contribution in [1.82, 2.24) is 9.97 Å². The summed E-state index contributed by atoms with van der Waals surface area (Å²) in [4.78, 5) is 15.8. The normalized spacial score (nSPS) is 15.4. The maximum atomic E-state index is 11.8. The van der Waals surface area contributed by atoms with Gasteiger partial charge in [-0.2, -0.15) is 0 Å². The van der Waals surface area contributed by atoms with E-state index in [1.807, 2.05) is 0 Å². The Labute approximate surface area is 187 Å². The highest BCUT2D eigenvalue weighted by molar-refractivity contribution is 7.98. The number of para-hydroxylation sites is 1. The lowest BCUT2D eigenvalue weighted by Crippen LogP contribution is -2.46. The predicted octanol–water partition coefficient (Wildman–Crippen LogP) is 4.36. The van der Waals surface area contributed by atoms with Gasteiger partial charge in [0.05, 0.1) is 25.3 Å². The maximum absolute atomic E-state index is 11.8. The fourth-order valence-electron chi connectivity index (χ4n) is 3.56. The van der Waals surface area contributed by atoms with Crippen LogP contribution in [0.1, 0.15) is 0 Å². The van der Waals surface area contributed by atoms with E-state index in [0.717, 1.165) is 52.2 Å². The summed E-state index contributed by atoms with van der Waals surface area (Å²) in [5.74, 6) is 0. The lowest BCUT2D eigenvalue weighted by Gasteiger charge is -2.34. The van der Waals surface area contributed by atoms with Crippen LogP contribution in [0.5, 0.6) is 0 Å². The molecule has 4 aromatic rings. The van der Waals surface area contributed by atoms with Crippen LogP contribution in [0.3, 0.4) is 0 Å². The molecule has 5 rings (SSSR count). The van der Waals surface area contributed by atoms with E-state index in [-0.39, 0.29) is 0 Å². The molecular formula is C20H20N4O2S4. The van der Waals surface area contributed by atoms with Gasteiger partial charge in [-0.25, -0.2) is 18.4 Å². The lowest BCUT2D eigenvalue weighted by atomic mass is 10.3. The molecule has 0 aliphatic carbocycles. The van der Waals surface area contributed by atoms with Gasteiger partial charge >= 0.3 is 0 Å². The molecule has 2 aromatic carbocycles. The van der Waals surface area contributed by atoms with Crippen LogP contribution in [0.15, 0.2) is 46.2 Å². The van der Waals surface area contributed by atoms with E-state index >= 15 is 0 Å². The van der Waals surface area contributed by atoms with E-state index in [0.29, 0.717) is 4.90 Å². The van der Waals surface area contributed by atoms with Gasteiger partial charge in [-0.3, -0.25) is 0 Å². The third kappa shape index (κ3) is 3.66. The first kappa shape index (κ1) is 20.0. The van der Waals surface area contributed by atoms with Gasteiger partial charge in [0.2, 0.25) is 0 Å². The highest BCUT2D eigenvalue weighted by atomic mass is 32.2. The van der Waals surface area contributed by atoms with Crippen molar-refractivity contribution in [3.8, 4) is 0 Å². The van der Waals surface area contributed by atoms with Gasteiger partial charge in [-0.15, -0.1) is 11.8 Å². The number of benzene rings is 2. The number of sulfone groups is 1. The molecule has 0 N–H and O–H groups in total. The molecular weight excluding hydrogens is 457 g/mol. The summed E-state index contributed by atoms with van der Waals surface area (Å²) < 4.78 is 25.8. The smallest absolute Gasteiger partial charge is 0.186 e. The molecule has 1 aliphatic rings. The zero-order valence-corrected chi connectivity index (χ0v) is 19.8. The molecule has 10 heteroatoms. The van der Waals surface area contributed by atoms with Crippen molar-refractivity contribution >= 4 is 75.0 Å². The number of nitrogens with zero attached hydrogens (tertiary/aromatic N) is 4. The lowest BCUT2D eigenvalue weighted by molar-refractivity contribution is 0.602. The predicted molar refractivity (Wildman–Crippen MR) is 129 cm³/mol. The molecule has 0 bridgehead atoms. The van der Waals surface area contributed by atoms with E-state index in [9.17, 15) is 8.42 Å². The molecule has 30 heavy (non-hydrogen) atoms. The molecule has 0 spiro atoms. The van der Waals surface area contributed by atoms with Gasteiger partial charge in [0.15, 0.2) is 20.1 Å².